The predicted octanol–water partition coefficient (Wildman–Crippen LogP) is 1.64. The number of rotatable bonds is 3. The normalized spacial score (nSPS) is 34.4. The lowest BCUT2D eigenvalue weighted by Gasteiger charge is -2.28. The second-order valence-corrected chi connectivity index (χ2v) is 5.28. The molecule has 0 aliphatic carbocycles. The van der Waals surface area contributed by atoms with Crippen LogP contribution in [-0.2, 0) is 4.74 Å². The number of hydrogen-bond acceptors (Lipinski definition) is 3. The van der Waals surface area contributed by atoms with Gasteiger partial charge in [-0.3, -0.25) is 14.3 Å². The summed E-state index contributed by atoms with van der Waals surface area (Å²) in [6.45, 7) is 7.76. The van der Waals surface area contributed by atoms with Gasteiger partial charge >= 0.3 is 5.69 Å². The van der Waals surface area contributed by atoms with E-state index in [9.17, 15) is 9.59 Å². The minimum Gasteiger partial charge on any atom is -0.345 e. The second kappa shape index (κ2) is 4.98. The highest BCUT2D eigenvalue weighted by Crippen LogP contribution is 2.46. The largest absolute Gasteiger partial charge is 0.345 e. The van der Waals surface area contributed by atoms with Crippen LogP contribution in [0, 0.1) is 5.92 Å². The number of nitrogens with one attached hydrogen (secondary N) is 1. The Hall–Kier alpha value is -1.33. The molecule has 0 aromatic carbocycles. The maximum atomic E-state index is 11.8. The zero-order valence-corrected chi connectivity index (χ0v) is 11.7. The summed E-state index contributed by atoms with van der Waals surface area (Å²) in [5.74, 6) is 0.0143. The minimum absolute atomic E-state index is 0.0143. The van der Waals surface area contributed by atoms with Gasteiger partial charge in [-0.1, -0.05) is 19.9 Å². The van der Waals surface area contributed by atoms with Gasteiger partial charge in [0.1, 0.15) is 0 Å². The van der Waals surface area contributed by atoms with Crippen LogP contribution in [0.15, 0.2) is 34.5 Å². The van der Waals surface area contributed by atoms with E-state index in [-0.39, 0.29) is 11.3 Å². The minimum atomic E-state index is -0.612. The molecule has 4 atom stereocenters. The number of aromatic amines is 1. The molecule has 1 aliphatic rings. The number of halogens is 1. The molecule has 2 heterocycles. The van der Waals surface area contributed by atoms with Crippen molar-refractivity contribution < 1.29 is 4.74 Å². The average Bonchev–Trinajstić information content (AvgIpc) is 2.64. The van der Waals surface area contributed by atoms with Gasteiger partial charge in [0, 0.05) is 18.2 Å². The Labute approximate surface area is 115 Å². The summed E-state index contributed by atoms with van der Waals surface area (Å²) < 4.78 is 7.29. The molecule has 1 saturated heterocycles. The number of ether oxygens (including phenoxy) is 1. The van der Waals surface area contributed by atoms with Crippen LogP contribution in [-0.4, -0.2) is 20.5 Å². The zero-order valence-electron chi connectivity index (χ0n) is 10.9. The number of nitrogens with zero attached hydrogens (tertiary/aromatic N) is 1. The van der Waals surface area contributed by atoms with E-state index < -0.39 is 23.1 Å². The summed E-state index contributed by atoms with van der Waals surface area (Å²) >= 11 is 6.39. The fraction of sp³-hybridized carbons (Fsp3) is 0.538. The van der Waals surface area contributed by atoms with Gasteiger partial charge in [0.25, 0.3) is 5.56 Å². The van der Waals surface area contributed by atoms with Gasteiger partial charge in [0.2, 0.25) is 0 Å². The molecule has 0 saturated carbocycles. The molecule has 104 valence electrons. The van der Waals surface area contributed by atoms with Gasteiger partial charge < -0.3 is 4.74 Å². The first-order valence-corrected chi connectivity index (χ1v) is 6.66. The number of hydrogen-bond donors (Lipinski definition) is 1. The Morgan fingerprint density at radius 2 is 2.32 bits per heavy atom. The quantitative estimate of drug-likeness (QED) is 0.678. The van der Waals surface area contributed by atoms with E-state index in [1.807, 2.05) is 13.8 Å². The standard InChI is InChI=1S/C13H17ClN2O3/c1-4-13(5-2)8(3)10(14)11(19-13)16-7-6-9(17)15-12(16)18/h4,6-8,10-11H,1,5H2,2-3H3,(H,15,17,18)/t8-,10+,11+,13+/m0/s1. The van der Waals surface area contributed by atoms with Gasteiger partial charge in [-0.05, 0) is 6.42 Å². The Morgan fingerprint density at radius 3 is 2.79 bits per heavy atom. The molecule has 0 unspecified atom stereocenters. The highest BCUT2D eigenvalue weighted by atomic mass is 35.5. The van der Waals surface area contributed by atoms with Crippen LogP contribution in [0.25, 0.3) is 0 Å². The first-order valence-electron chi connectivity index (χ1n) is 6.22. The van der Waals surface area contributed by atoms with Gasteiger partial charge in [-0.2, -0.15) is 0 Å². The summed E-state index contributed by atoms with van der Waals surface area (Å²) in [7, 11) is 0. The Bertz CT molecular complexity index is 594. The molecule has 1 aromatic rings. The summed E-state index contributed by atoms with van der Waals surface area (Å²) in [4.78, 5) is 25.1. The van der Waals surface area contributed by atoms with Crippen molar-refractivity contribution in [2.75, 3.05) is 0 Å². The molecule has 6 heteroatoms. The molecule has 0 amide bonds. The Balaban J connectivity index is 2.45. The highest BCUT2D eigenvalue weighted by molar-refractivity contribution is 6.21. The van der Waals surface area contributed by atoms with Crippen LogP contribution >= 0.6 is 11.6 Å². The molecular weight excluding hydrogens is 268 g/mol. The molecule has 1 fully saturated rings. The third kappa shape index (κ3) is 2.17. The van der Waals surface area contributed by atoms with Crippen molar-refractivity contribution in [3.63, 3.8) is 0 Å². The van der Waals surface area contributed by atoms with Crippen molar-refractivity contribution in [1.82, 2.24) is 9.55 Å². The highest BCUT2D eigenvalue weighted by Gasteiger charge is 2.50. The smallest absolute Gasteiger partial charge is 0.330 e. The molecule has 2 rings (SSSR count). The number of H-pyrrole nitrogens is 1. The van der Waals surface area contributed by atoms with Crippen molar-refractivity contribution in [3.8, 4) is 0 Å². The van der Waals surface area contributed by atoms with Crippen molar-refractivity contribution in [1.29, 1.82) is 0 Å². The van der Waals surface area contributed by atoms with Crippen LogP contribution < -0.4 is 11.2 Å². The average molecular weight is 285 g/mol. The van der Waals surface area contributed by atoms with Crippen molar-refractivity contribution >= 4 is 11.6 Å². The second-order valence-electron chi connectivity index (χ2n) is 4.77. The van der Waals surface area contributed by atoms with Gasteiger partial charge in [0.05, 0.1) is 11.0 Å². The van der Waals surface area contributed by atoms with Crippen molar-refractivity contribution in [2.45, 2.75) is 37.5 Å². The van der Waals surface area contributed by atoms with Gasteiger partial charge in [-0.25, -0.2) is 4.79 Å². The molecule has 1 aromatic heterocycles. The molecule has 5 nitrogen and oxygen atoms in total. The lowest BCUT2D eigenvalue weighted by atomic mass is 9.86. The SMILES string of the molecule is C=C[C@]1(CC)O[C@@H](n2ccc(=O)[nH]c2=O)[C@H](Cl)[C@@H]1C. The monoisotopic (exact) mass is 284 g/mol. The van der Waals surface area contributed by atoms with Crippen LogP contribution in [0.2, 0.25) is 0 Å². The van der Waals surface area contributed by atoms with Crippen molar-refractivity contribution in [2.24, 2.45) is 5.92 Å². The maximum absolute atomic E-state index is 11.8. The van der Waals surface area contributed by atoms with Crippen molar-refractivity contribution in [3.05, 3.63) is 45.8 Å². The number of alkyl halides is 1. The molecule has 19 heavy (non-hydrogen) atoms. The molecule has 0 spiro atoms. The van der Waals surface area contributed by atoms with Gasteiger partial charge in [-0.15, -0.1) is 18.2 Å². The van der Waals surface area contributed by atoms with E-state index in [0.29, 0.717) is 0 Å². The van der Waals surface area contributed by atoms with E-state index in [0.717, 1.165) is 6.42 Å². The van der Waals surface area contributed by atoms with Gasteiger partial charge in [0.15, 0.2) is 6.23 Å². The fourth-order valence-corrected chi connectivity index (χ4v) is 2.92. The molecule has 1 aliphatic heterocycles. The number of aromatic nitrogens is 2. The van der Waals surface area contributed by atoms with E-state index >= 15 is 0 Å². The molecule has 0 radical (unpaired) electrons. The van der Waals surface area contributed by atoms with Crippen LogP contribution in [0.1, 0.15) is 26.5 Å². The van der Waals surface area contributed by atoms with E-state index in [4.69, 9.17) is 16.3 Å². The third-order valence-corrected chi connectivity index (χ3v) is 4.48. The van der Waals surface area contributed by atoms with E-state index in [1.54, 1.807) is 6.08 Å². The van der Waals surface area contributed by atoms with Crippen LogP contribution in [0.5, 0.6) is 0 Å². The van der Waals surface area contributed by atoms with E-state index in [2.05, 4.69) is 11.6 Å². The summed E-state index contributed by atoms with van der Waals surface area (Å²) in [6.07, 6.45) is 3.25. The summed E-state index contributed by atoms with van der Waals surface area (Å²) in [6, 6.07) is 1.28. The lowest BCUT2D eigenvalue weighted by Crippen LogP contribution is -2.34. The lowest BCUT2D eigenvalue weighted by molar-refractivity contribution is -0.0556. The summed E-state index contributed by atoms with van der Waals surface area (Å²) in [5, 5.41) is -0.374. The first kappa shape index (κ1) is 14.1. The molecule has 0 bridgehead atoms. The maximum Gasteiger partial charge on any atom is 0.330 e. The predicted molar refractivity (Wildman–Crippen MR) is 73.5 cm³/mol. The fourth-order valence-electron chi connectivity index (χ4n) is 2.54. The zero-order chi connectivity index (χ0) is 14.2. The van der Waals surface area contributed by atoms with E-state index in [1.165, 1.54) is 16.8 Å². The van der Waals surface area contributed by atoms with Crippen LogP contribution in [0.4, 0.5) is 0 Å². The van der Waals surface area contributed by atoms with Crippen LogP contribution in [0.3, 0.4) is 0 Å². The first-order chi connectivity index (χ1) is 8.95. The summed E-state index contributed by atoms with van der Waals surface area (Å²) in [5.41, 5.74) is -1.51. The Kier molecular flexibility index (Phi) is 3.69. The Morgan fingerprint density at radius 1 is 1.63 bits per heavy atom. The third-order valence-electron chi connectivity index (χ3n) is 3.88. The topological polar surface area (TPSA) is 64.1 Å². The molecule has 1 N–H and O–H groups in total. The molecular formula is C13H17ClN2O3.